The number of benzene rings is 2. The number of anilines is 1. The van der Waals surface area contributed by atoms with Crippen LogP contribution >= 0.6 is 0 Å². The van der Waals surface area contributed by atoms with Crippen LogP contribution < -0.4 is 25.6 Å². The number of amides is 4. The monoisotopic (exact) mass is 410 g/mol. The number of ether oxygens (including phenoxy) is 2. The van der Waals surface area contributed by atoms with Gasteiger partial charge in [-0.3, -0.25) is 15.0 Å². The van der Waals surface area contributed by atoms with Crippen LogP contribution in [0.15, 0.2) is 48.5 Å². The number of hydrogen-bond donors (Lipinski definition) is 3. The summed E-state index contributed by atoms with van der Waals surface area (Å²) in [6.45, 7) is 0.913. The topological polar surface area (TPSA) is 109 Å². The van der Waals surface area contributed by atoms with Gasteiger partial charge in [-0.25, -0.2) is 10.2 Å². The van der Waals surface area contributed by atoms with E-state index in [1.165, 1.54) is 4.90 Å². The average Bonchev–Trinajstić information content (AvgIpc) is 3.26. The number of hydrazine groups is 1. The minimum absolute atomic E-state index is 0.116. The minimum Gasteiger partial charge on any atom is -0.454 e. The first-order valence-electron chi connectivity index (χ1n) is 9.71. The number of para-hydroxylation sites is 1. The fourth-order valence-corrected chi connectivity index (χ4v) is 3.44. The fourth-order valence-electron chi connectivity index (χ4n) is 3.44. The van der Waals surface area contributed by atoms with E-state index >= 15 is 0 Å². The van der Waals surface area contributed by atoms with Gasteiger partial charge in [-0.15, -0.1) is 0 Å². The number of piperidine rings is 1. The molecule has 2 aliphatic rings. The van der Waals surface area contributed by atoms with Crippen molar-refractivity contribution >= 4 is 23.5 Å². The minimum atomic E-state index is -0.475. The molecule has 0 aromatic heterocycles. The second-order valence-electron chi connectivity index (χ2n) is 7.09. The molecule has 0 bridgehead atoms. The van der Waals surface area contributed by atoms with Crippen LogP contribution in [0.2, 0.25) is 0 Å². The normalized spacial score (nSPS) is 17.2. The molecule has 3 N–H and O–H groups in total. The van der Waals surface area contributed by atoms with Crippen LogP contribution in [0, 0.1) is 5.92 Å². The predicted octanol–water partition coefficient (Wildman–Crippen LogP) is 2.12. The Kier molecular flexibility index (Phi) is 5.69. The fraction of sp³-hybridized carbons (Fsp3) is 0.286. The maximum atomic E-state index is 12.5. The van der Waals surface area contributed by atoms with Gasteiger partial charge in [0.25, 0.3) is 5.91 Å². The molecule has 156 valence electrons. The number of carbonyl (C=O) groups excluding carboxylic acids is 3. The first-order valence-corrected chi connectivity index (χ1v) is 9.71. The first-order chi connectivity index (χ1) is 14.6. The van der Waals surface area contributed by atoms with Crippen molar-refractivity contribution in [2.24, 2.45) is 5.92 Å². The number of carbonyl (C=O) groups is 3. The highest BCUT2D eigenvalue weighted by Gasteiger charge is 2.28. The number of nitrogens with zero attached hydrogens (tertiary/aromatic N) is 1. The number of nitrogens with one attached hydrogen (secondary N) is 3. The van der Waals surface area contributed by atoms with E-state index in [-0.39, 0.29) is 25.2 Å². The smallest absolute Gasteiger partial charge is 0.336 e. The van der Waals surface area contributed by atoms with Gasteiger partial charge < -0.3 is 19.7 Å². The lowest BCUT2D eigenvalue weighted by atomic mass is 9.97. The van der Waals surface area contributed by atoms with Crippen LogP contribution in [0.25, 0.3) is 0 Å². The summed E-state index contributed by atoms with van der Waals surface area (Å²) in [4.78, 5) is 38.8. The van der Waals surface area contributed by atoms with Gasteiger partial charge in [0.15, 0.2) is 11.5 Å². The van der Waals surface area contributed by atoms with Crippen molar-refractivity contribution in [2.75, 3.05) is 25.2 Å². The summed E-state index contributed by atoms with van der Waals surface area (Å²) in [5, 5.41) is 2.87. The Morgan fingerprint density at radius 2 is 1.77 bits per heavy atom. The number of urea groups is 1. The molecule has 0 radical (unpaired) electrons. The van der Waals surface area contributed by atoms with Gasteiger partial charge >= 0.3 is 6.03 Å². The molecule has 9 nitrogen and oxygen atoms in total. The molecule has 1 atom stereocenters. The summed E-state index contributed by atoms with van der Waals surface area (Å²) in [5.74, 6) is 0.149. The molecule has 0 saturated carbocycles. The van der Waals surface area contributed by atoms with Crippen molar-refractivity contribution in [3.8, 4) is 11.5 Å². The van der Waals surface area contributed by atoms with E-state index in [0.29, 0.717) is 36.4 Å². The Morgan fingerprint density at radius 3 is 2.60 bits per heavy atom. The van der Waals surface area contributed by atoms with E-state index in [1.807, 2.05) is 30.3 Å². The van der Waals surface area contributed by atoms with Crippen molar-refractivity contribution in [3.63, 3.8) is 0 Å². The molecule has 1 fully saturated rings. The van der Waals surface area contributed by atoms with E-state index in [1.54, 1.807) is 18.2 Å². The Bertz CT molecular complexity index is 950. The Labute approximate surface area is 173 Å². The highest BCUT2D eigenvalue weighted by Crippen LogP contribution is 2.32. The number of likely N-dealkylation sites (tertiary alicyclic amines) is 1. The third kappa shape index (κ3) is 4.45. The molecule has 0 aliphatic carbocycles. The maximum Gasteiger partial charge on any atom is 0.336 e. The quantitative estimate of drug-likeness (QED) is 0.672. The molecule has 2 aliphatic heterocycles. The lowest BCUT2D eigenvalue weighted by molar-refractivity contribution is -0.121. The lowest BCUT2D eigenvalue weighted by Crippen LogP contribution is -2.52. The molecule has 2 aromatic rings. The standard InChI is InChI=1S/C21H22N4O5/c26-19(22-16-6-2-1-3-7-16)15-5-4-10-25(12-15)21(28)24-23-20(27)14-8-9-17-18(11-14)30-13-29-17/h1-3,6-9,11,15H,4-5,10,12-13H2,(H,22,26)(H,23,27)(H,24,28). The molecule has 1 unspecified atom stereocenters. The maximum absolute atomic E-state index is 12.5. The van der Waals surface area contributed by atoms with E-state index in [4.69, 9.17) is 9.47 Å². The van der Waals surface area contributed by atoms with Crippen molar-refractivity contribution in [1.82, 2.24) is 15.8 Å². The van der Waals surface area contributed by atoms with Gasteiger partial charge in [0.05, 0.1) is 5.92 Å². The summed E-state index contributed by atoms with van der Waals surface area (Å²) < 4.78 is 10.5. The van der Waals surface area contributed by atoms with Crippen molar-refractivity contribution < 1.29 is 23.9 Å². The van der Waals surface area contributed by atoms with Crippen molar-refractivity contribution in [3.05, 3.63) is 54.1 Å². The second kappa shape index (κ2) is 8.73. The van der Waals surface area contributed by atoms with Crippen LogP contribution in [0.4, 0.5) is 10.5 Å². The molecular weight excluding hydrogens is 388 g/mol. The van der Waals surface area contributed by atoms with Crippen LogP contribution in [-0.2, 0) is 4.79 Å². The first kappa shape index (κ1) is 19.6. The SMILES string of the molecule is O=C(NNC(=O)N1CCCC(C(=O)Nc2ccccc2)C1)c1ccc2c(c1)OCO2. The van der Waals surface area contributed by atoms with Gasteiger partial charge in [0, 0.05) is 24.3 Å². The second-order valence-corrected chi connectivity index (χ2v) is 7.09. The Hall–Kier alpha value is -3.75. The highest BCUT2D eigenvalue weighted by molar-refractivity contribution is 5.96. The lowest BCUT2D eigenvalue weighted by Gasteiger charge is -2.32. The molecule has 0 spiro atoms. The molecule has 30 heavy (non-hydrogen) atoms. The number of hydrogen-bond acceptors (Lipinski definition) is 5. The predicted molar refractivity (Wildman–Crippen MR) is 108 cm³/mol. The zero-order chi connectivity index (χ0) is 20.9. The van der Waals surface area contributed by atoms with Crippen LogP contribution in [0.3, 0.4) is 0 Å². The van der Waals surface area contributed by atoms with Gasteiger partial charge in [-0.2, -0.15) is 0 Å². The molecule has 2 aromatic carbocycles. The Morgan fingerprint density at radius 1 is 0.967 bits per heavy atom. The molecule has 4 amide bonds. The summed E-state index contributed by atoms with van der Waals surface area (Å²) in [6, 6.07) is 13.5. The van der Waals surface area contributed by atoms with Gasteiger partial charge in [0.2, 0.25) is 12.7 Å². The van der Waals surface area contributed by atoms with Crippen LogP contribution in [0.1, 0.15) is 23.2 Å². The third-order valence-electron chi connectivity index (χ3n) is 5.04. The van der Waals surface area contributed by atoms with E-state index in [0.717, 1.165) is 5.69 Å². The van der Waals surface area contributed by atoms with Crippen molar-refractivity contribution in [2.45, 2.75) is 12.8 Å². The molecule has 1 saturated heterocycles. The largest absolute Gasteiger partial charge is 0.454 e. The summed E-state index contributed by atoms with van der Waals surface area (Å²) in [6.07, 6.45) is 1.41. The molecule has 2 heterocycles. The molecular formula is C21H22N4O5. The van der Waals surface area contributed by atoms with Crippen LogP contribution in [0.5, 0.6) is 11.5 Å². The molecule has 4 rings (SSSR count). The molecule has 9 heteroatoms. The van der Waals surface area contributed by atoms with Crippen LogP contribution in [-0.4, -0.2) is 42.6 Å². The van der Waals surface area contributed by atoms with Gasteiger partial charge in [-0.05, 0) is 43.2 Å². The summed E-state index contributed by atoms with van der Waals surface area (Å²) in [7, 11) is 0. The van der Waals surface area contributed by atoms with E-state index in [9.17, 15) is 14.4 Å². The van der Waals surface area contributed by atoms with Gasteiger partial charge in [-0.1, -0.05) is 18.2 Å². The summed E-state index contributed by atoms with van der Waals surface area (Å²) in [5.41, 5.74) is 5.86. The average molecular weight is 410 g/mol. The zero-order valence-corrected chi connectivity index (χ0v) is 16.2. The summed E-state index contributed by atoms with van der Waals surface area (Å²) >= 11 is 0. The van der Waals surface area contributed by atoms with Gasteiger partial charge in [0.1, 0.15) is 0 Å². The third-order valence-corrected chi connectivity index (χ3v) is 5.04. The Balaban J connectivity index is 1.29. The zero-order valence-electron chi connectivity index (χ0n) is 16.2. The highest BCUT2D eigenvalue weighted by atomic mass is 16.7. The number of fused-ring (bicyclic) bond motifs is 1. The van der Waals surface area contributed by atoms with E-state index < -0.39 is 11.9 Å². The van der Waals surface area contributed by atoms with E-state index in [2.05, 4.69) is 16.2 Å². The van der Waals surface area contributed by atoms with Crippen molar-refractivity contribution in [1.29, 1.82) is 0 Å². The number of rotatable bonds is 3.